The SMILES string of the molecule is O=C(Nc1ccccc1)c1nnc2n1C[C@H]1CN(C(=O)c3ccccn3)C[C@@H]1C2. The average Bonchev–Trinajstić information content (AvgIpc) is 3.36. The van der Waals surface area contributed by atoms with E-state index < -0.39 is 0 Å². The molecule has 8 nitrogen and oxygen atoms in total. The lowest BCUT2D eigenvalue weighted by Gasteiger charge is -2.25. The highest BCUT2D eigenvalue weighted by atomic mass is 16.2. The molecular formula is C21H20N6O2. The molecule has 0 bridgehead atoms. The summed E-state index contributed by atoms with van der Waals surface area (Å²) in [7, 11) is 0. The number of hydrogen-bond donors (Lipinski definition) is 1. The molecule has 1 saturated heterocycles. The van der Waals surface area contributed by atoms with Crippen molar-refractivity contribution in [2.45, 2.75) is 13.0 Å². The van der Waals surface area contributed by atoms with Crippen LogP contribution in [0.2, 0.25) is 0 Å². The zero-order valence-corrected chi connectivity index (χ0v) is 15.7. The summed E-state index contributed by atoms with van der Waals surface area (Å²) in [6.45, 7) is 1.96. The van der Waals surface area contributed by atoms with Gasteiger partial charge in [0.05, 0.1) is 0 Å². The molecule has 2 atom stereocenters. The summed E-state index contributed by atoms with van der Waals surface area (Å²) in [4.78, 5) is 31.5. The Hall–Kier alpha value is -3.55. The molecule has 0 unspecified atom stereocenters. The Morgan fingerprint density at radius 1 is 0.931 bits per heavy atom. The van der Waals surface area contributed by atoms with Crippen molar-refractivity contribution in [2.24, 2.45) is 11.8 Å². The van der Waals surface area contributed by atoms with Gasteiger partial charge in [-0.3, -0.25) is 14.6 Å². The van der Waals surface area contributed by atoms with Crippen molar-refractivity contribution in [3.63, 3.8) is 0 Å². The number of pyridine rings is 1. The molecule has 29 heavy (non-hydrogen) atoms. The molecule has 2 aromatic heterocycles. The van der Waals surface area contributed by atoms with Crippen LogP contribution in [0.1, 0.15) is 26.9 Å². The lowest BCUT2D eigenvalue weighted by atomic mass is 9.89. The van der Waals surface area contributed by atoms with Gasteiger partial charge in [0, 0.05) is 37.9 Å². The molecule has 1 aromatic carbocycles. The Balaban J connectivity index is 1.31. The predicted octanol–water partition coefficient (Wildman–Crippen LogP) is 1.87. The summed E-state index contributed by atoms with van der Waals surface area (Å²) >= 11 is 0. The first-order valence-corrected chi connectivity index (χ1v) is 9.68. The number of likely N-dealkylation sites (tertiary alicyclic amines) is 1. The van der Waals surface area contributed by atoms with Crippen LogP contribution in [0.25, 0.3) is 0 Å². The van der Waals surface area contributed by atoms with Crippen LogP contribution >= 0.6 is 0 Å². The van der Waals surface area contributed by atoms with Gasteiger partial charge < -0.3 is 14.8 Å². The van der Waals surface area contributed by atoms with Crippen molar-refractivity contribution in [2.75, 3.05) is 18.4 Å². The van der Waals surface area contributed by atoms with Crippen LogP contribution in [-0.2, 0) is 13.0 Å². The number of fused-ring (bicyclic) bond motifs is 2. The van der Waals surface area contributed by atoms with E-state index in [0.29, 0.717) is 43.5 Å². The van der Waals surface area contributed by atoms with E-state index in [9.17, 15) is 9.59 Å². The minimum atomic E-state index is -0.271. The summed E-state index contributed by atoms with van der Waals surface area (Å²) in [6, 6.07) is 14.7. The van der Waals surface area contributed by atoms with E-state index >= 15 is 0 Å². The minimum Gasteiger partial charge on any atom is -0.337 e. The molecule has 3 aromatic rings. The average molecular weight is 388 g/mol. The molecule has 8 heteroatoms. The molecule has 1 N–H and O–H groups in total. The molecule has 0 aliphatic carbocycles. The van der Waals surface area contributed by atoms with Crippen LogP contribution < -0.4 is 5.32 Å². The summed E-state index contributed by atoms with van der Waals surface area (Å²) in [5.74, 6) is 1.40. The maximum Gasteiger partial charge on any atom is 0.293 e. The number of carbonyl (C=O) groups excluding carboxylic acids is 2. The Morgan fingerprint density at radius 3 is 2.52 bits per heavy atom. The highest BCUT2D eigenvalue weighted by molar-refractivity contribution is 6.01. The zero-order chi connectivity index (χ0) is 19.8. The smallest absolute Gasteiger partial charge is 0.293 e. The van der Waals surface area contributed by atoms with Gasteiger partial charge in [0.1, 0.15) is 11.5 Å². The van der Waals surface area contributed by atoms with E-state index in [1.807, 2.05) is 45.9 Å². The van der Waals surface area contributed by atoms with Crippen molar-refractivity contribution in [1.29, 1.82) is 0 Å². The van der Waals surface area contributed by atoms with Crippen LogP contribution in [-0.4, -0.2) is 49.6 Å². The lowest BCUT2D eigenvalue weighted by molar-refractivity contribution is 0.0777. The van der Waals surface area contributed by atoms with E-state index in [2.05, 4.69) is 20.5 Å². The minimum absolute atomic E-state index is 0.0437. The van der Waals surface area contributed by atoms with Crippen molar-refractivity contribution < 1.29 is 9.59 Å². The zero-order valence-electron chi connectivity index (χ0n) is 15.7. The molecule has 0 saturated carbocycles. The van der Waals surface area contributed by atoms with E-state index in [-0.39, 0.29) is 17.7 Å². The number of aromatic nitrogens is 4. The van der Waals surface area contributed by atoms with Crippen LogP contribution in [0.4, 0.5) is 5.69 Å². The molecule has 2 amide bonds. The molecule has 4 heterocycles. The second kappa shape index (κ2) is 7.12. The van der Waals surface area contributed by atoms with Crippen molar-refractivity contribution in [3.05, 3.63) is 72.1 Å². The fraction of sp³-hybridized carbons (Fsp3) is 0.286. The number of nitrogens with zero attached hydrogens (tertiary/aromatic N) is 5. The largest absolute Gasteiger partial charge is 0.337 e. The van der Waals surface area contributed by atoms with Gasteiger partial charge in [-0.1, -0.05) is 24.3 Å². The van der Waals surface area contributed by atoms with E-state index in [1.54, 1.807) is 18.3 Å². The van der Waals surface area contributed by atoms with Gasteiger partial charge >= 0.3 is 0 Å². The Bertz CT molecular complexity index is 1050. The third-order valence-electron chi connectivity index (χ3n) is 5.67. The number of benzene rings is 1. The number of carbonyl (C=O) groups is 2. The van der Waals surface area contributed by atoms with Crippen LogP contribution in [0, 0.1) is 11.8 Å². The molecule has 1 fully saturated rings. The monoisotopic (exact) mass is 388 g/mol. The third kappa shape index (κ3) is 3.26. The number of para-hydroxylation sites is 1. The topological polar surface area (TPSA) is 93.0 Å². The number of rotatable bonds is 3. The molecule has 2 aliphatic heterocycles. The summed E-state index contributed by atoms with van der Waals surface area (Å²) in [5, 5.41) is 11.2. The molecule has 5 rings (SSSR count). The van der Waals surface area contributed by atoms with Gasteiger partial charge in [-0.05, 0) is 36.1 Å². The maximum absolute atomic E-state index is 12.7. The number of nitrogens with one attached hydrogen (secondary N) is 1. The normalized spacial score (nSPS) is 20.1. The van der Waals surface area contributed by atoms with Crippen LogP contribution in [0.15, 0.2) is 54.7 Å². The summed E-state index contributed by atoms with van der Waals surface area (Å²) < 4.78 is 1.90. The Labute approximate surface area is 167 Å². The van der Waals surface area contributed by atoms with E-state index in [0.717, 1.165) is 11.5 Å². The van der Waals surface area contributed by atoms with E-state index in [1.165, 1.54) is 0 Å². The molecular weight excluding hydrogens is 368 g/mol. The highest BCUT2D eigenvalue weighted by Gasteiger charge is 2.41. The third-order valence-corrected chi connectivity index (χ3v) is 5.67. The molecule has 0 radical (unpaired) electrons. The lowest BCUT2D eigenvalue weighted by Crippen LogP contribution is -2.31. The maximum atomic E-state index is 12.7. The predicted molar refractivity (Wildman–Crippen MR) is 105 cm³/mol. The second-order valence-corrected chi connectivity index (χ2v) is 7.52. The molecule has 2 aliphatic rings. The highest BCUT2D eigenvalue weighted by Crippen LogP contribution is 2.33. The van der Waals surface area contributed by atoms with Gasteiger partial charge in [-0.25, -0.2) is 0 Å². The standard InChI is InChI=1S/C21H20N6O2/c28-20(23-16-6-2-1-3-7-16)19-25-24-18-10-14-11-26(12-15(14)13-27(18)19)21(29)17-8-4-5-9-22-17/h1-9,14-15H,10-13H2,(H,23,28)/t14-,15+/m0/s1. The second-order valence-electron chi connectivity index (χ2n) is 7.52. The fourth-order valence-corrected chi connectivity index (χ4v) is 4.22. The molecule has 0 spiro atoms. The fourth-order valence-electron chi connectivity index (χ4n) is 4.22. The summed E-state index contributed by atoms with van der Waals surface area (Å²) in [6.07, 6.45) is 2.34. The number of hydrogen-bond acceptors (Lipinski definition) is 5. The van der Waals surface area contributed by atoms with Crippen molar-refractivity contribution in [1.82, 2.24) is 24.6 Å². The van der Waals surface area contributed by atoms with Gasteiger partial charge in [0.15, 0.2) is 0 Å². The van der Waals surface area contributed by atoms with Crippen LogP contribution in [0.5, 0.6) is 0 Å². The summed E-state index contributed by atoms with van der Waals surface area (Å²) in [5.41, 5.74) is 1.19. The van der Waals surface area contributed by atoms with Gasteiger partial charge in [0.2, 0.25) is 5.82 Å². The Kier molecular flexibility index (Phi) is 4.31. The first-order valence-electron chi connectivity index (χ1n) is 9.68. The molecule has 146 valence electrons. The van der Waals surface area contributed by atoms with Gasteiger partial charge in [-0.15, -0.1) is 10.2 Å². The number of anilines is 1. The first-order chi connectivity index (χ1) is 14.2. The quantitative estimate of drug-likeness (QED) is 0.739. The van der Waals surface area contributed by atoms with Gasteiger partial charge in [0.25, 0.3) is 11.8 Å². The van der Waals surface area contributed by atoms with E-state index in [4.69, 9.17) is 0 Å². The van der Waals surface area contributed by atoms with Crippen molar-refractivity contribution in [3.8, 4) is 0 Å². The van der Waals surface area contributed by atoms with Crippen LogP contribution in [0.3, 0.4) is 0 Å². The van der Waals surface area contributed by atoms with Crippen molar-refractivity contribution >= 4 is 17.5 Å². The Morgan fingerprint density at radius 2 is 1.72 bits per heavy atom. The number of amides is 2. The van der Waals surface area contributed by atoms with Gasteiger partial charge in [-0.2, -0.15) is 0 Å². The first kappa shape index (κ1) is 17.5.